The van der Waals surface area contributed by atoms with Crippen LogP contribution in [-0.2, 0) is 6.42 Å². The summed E-state index contributed by atoms with van der Waals surface area (Å²) in [7, 11) is 0. The molecule has 2 N–H and O–H groups in total. The second kappa shape index (κ2) is 8.07. The Labute approximate surface area is 176 Å². The number of amides is 2. The minimum Gasteiger partial charge on any atom is -0.361 e. The van der Waals surface area contributed by atoms with Crippen LogP contribution in [0.1, 0.15) is 50.7 Å². The number of carbonyl (C=O) groups is 1. The van der Waals surface area contributed by atoms with E-state index in [2.05, 4.69) is 56.4 Å². The topological polar surface area (TPSA) is 51.4 Å². The van der Waals surface area contributed by atoms with Crippen molar-refractivity contribution in [2.75, 3.05) is 26.2 Å². The van der Waals surface area contributed by atoms with Gasteiger partial charge in [-0.15, -0.1) is 0 Å². The smallest absolute Gasteiger partial charge is 0.317 e. The van der Waals surface area contributed by atoms with Crippen LogP contribution in [0.5, 0.6) is 0 Å². The van der Waals surface area contributed by atoms with Crippen molar-refractivity contribution in [2.45, 2.75) is 58.0 Å². The Morgan fingerprint density at radius 3 is 2.82 bits per heavy atom. The Bertz CT molecular complexity index is 860. The van der Waals surface area contributed by atoms with Crippen molar-refractivity contribution in [3.05, 3.63) is 33.9 Å². The molecule has 0 bridgehead atoms. The van der Waals surface area contributed by atoms with Crippen LogP contribution in [0.25, 0.3) is 10.9 Å². The lowest BCUT2D eigenvalue weighted by molar-refractivity contribution is 0.0979. The quantitative estimate of drug-likeness (QED) is 0.711. The molecule has 1 unspecified atom stereocenters. The molecule has 152 valence electrons. The number of piperidine rings is 1. The summed E-state index contributed by atoms with van der Waals surface area (Å²) in [4.78, 5) is 20.6. The average Bonchev–Trinajstić information content (AvgIpc) is 3.07. The Kier molecular flexibility index (Phi) is 5.70. The summed E-state index contributed by atoms with van der Waals surface area (Å²) in [5, 5.41) is 4.73. The summed E-state index contributed by atoms with van der Waals surface area (Å²) < 4.78 is 1.13. The van der Waals surface area contributed by atoms with Gasteiger partial charge in [-0.3, -0.25) is 4.90 Å². The average molecular weight is 447 g/mol. The molecule has 1 aliphatic carbocycles. The van der Waals surface area contributed by atoms with Crippen LogP contribution in [0.3, 0.4) is 0 Å². The fourth-order valence-corrected chi connectivity index (χ4v) is 5.73. The van der Waals surface area contributed by atoms with Gasteiger partial charge in [0.05, 0.1) is 0 Å². The maximum atomic E-state index is 12.7. The van der Waals surface area contributed by atoms with Gasteiger partial charge in [-0.1, -0.05) is 22.9 Å². The van der Waals surface area contributed by atoms with Crippen molar-refractivity contribution in [3.63, 3.8) is 0 Å². The van der Waals surface area contributed by atoms with E-state index in [0.717, 1.165) is 49.9 Å². The molecule has 6 heteroatoms. The van der Waals surface area contributed by atoms with Gasteiger partial charge < -0.3 is 15.2 Å². The number of carbonyl (C=O) groups excluding carboxylic acids is 1. The number of halogens is 1. The van der Waals surface area contributed by atoms with E-state index < -0.39 is 0 Å². The van der Waals surface area contributed by atoms with Crippen LogP contribution in [0.15, 0.2) is 22.8 Å². The van der Waals surface area contributed by atoms with Crippen LogP contribution in [0.4, 0.5) is 4.79 Å². The molecule has 2 aromatic rings. The van der Waals surface area contributed by atoms with Crippen LogP contribution >= 0.6 is 15.9 Å². The van der Waals surface area contributed by atoms with Crippen LogP contribution in [-0.4, -0.2) is 59.1 Å². The molecule has 2 heterocycles. The number of urea groups is 1. The third-order valence-electron chi connectivity index (χ3n) is 6.50. The van der Waals surface area contributed by atoms with Gasteiger partial charge in [-0.2, -0.15) is 0 Å². The summed E-state index contributed by atoms with van der Waals surface area (Å²) in [6, 6.07) is 5.25. The fourth-order valence-electron chi connectivity index (χ4n) is 5.26. The number of hydrogen-bond donors (Lipinski definition) is 2. The maximum absolute atomic E-state index is 12.7. The molecule has 28 heavy (non-hydrogen) atoms. The predicted molar refractivity (Wildman–Crippen MR) is 118 cm³/mol. The van der Waals surface area contributed by atoms with Gasteiger partial charge >= 0.3 is 6.03 Å². The standard InChI is InChI=1S/C22H31BrN4O/c1-4-7-27-13-16(25-22(28)26(5-2)6-3)11-17-18-9-15(23)10-19-21(18)14(12-24-19)8-20(17)27/h9-10,12,16-17,20,24H,4-8,11,13H2,1-3H3,(H,25,28)/t16-,17?,20+/m0/s1. The highest BCUT2D eigenvalue weighted by Gasteiger charge is 2.41. The molecular formula is C22H31BrN4O. The minimum absolute atomic E-state index is 0.0717. The van der Waals surface area contributed by atoms with Crippen molar-refractivity contribution < 1.29 is 4.79 Å². The van der Waals surface area contributed by atoms with E-state index in [1.165, 1.54) is 22.0 Å². The molecule has 2 aliphatic rings. The molecule has 0 radical (unpaired) electrons. The third kappa shape index (κ3) is 3.45. The van der Waals surface area contributed by atoms with Gasteiger partial charge in [0.2, 0.25) is 0 Å². The molecule has 1 aliphatic heterocycles. The lowest BCUT2D eigenvalue weighted by Gasteiger charge is -2.47. The van der Waals surface area contributed by atoms with E-state index in [4.69, 9.17) is 0 Å². The highest BCUT2D eigenvalue weighted by atomic mass is 79.9. The molecular weight excluding hydrogens is 416 g/mol. The summed E-state index contributed by atoms with van der Waals surface area (Å²) in [5.74, 6) is 0.450. The number of aromatic amines is 1. The van der Waals surface area contributed by atoms with E-state index in [9.17, 15) is 4.79 Å². The van der Waals surface area contributed by atoms with Crippen molar-refractivity contribution in [2.24, 2.45) is 0 Å². The van der Waals surface area contributed by atoms with Gasteiger partial charge in [0.25, 0.3) is 0 Å². The van der Waals surface area contributed by atoms with E-state index in [0.29, 0.717) is 12.0 Å². The first-order valence-corrected chi connectivity index (χ1v) is 11.4. The summed E-state index contributed by atoms with van der Waals surface area (Å²) in [6.45, 7) is 9.84. The Morgan fingerprint density at radius 2 is 2.11 bits per heavy atom. The zero-order valence-corrected chi connectivity index (χ0v) is 18.7. The first kappa shape index (κ1) is 19.8. The number of benzene rings is 1. The van der Waals surface area contributed by atoms with Crippen LogP contribution < -0.4 is 5.32 Å². The van der Waals surface area contributed by atoms with Gasteiger partial charge in [-0.05, 0) is 62.9 Å². The number of hydrogen-bond acceptors (Lipinski definition) is 2. The van der Waals surface area contributed by atoms with Crippen molar-refractivity contribution >= 4 is 32.9 Å². The van der Waals surface area contributed by atoms with Crippen molar-refractivity contribution in [1.29, 1.82) is 0 Å². The summed E-state index contributed by atoms with van der Waals surface area (Å²) in [5.41, 5.74) is 4.08. The molecule has 0 spiro atoms. The highest BCUT2D eigenvalue weighted by Crippen LogP contribution is 2.44. The lowest BCUT2D eigenvalue weighted by Crippen LogP contribution is -2.57. The second-order valence-corrected chi connectivity index (χ2v) is 9.07. The Hall–Kier alpha value is -1.53. The number of nitrogens with zero attached hydrogens (tertiary/aromatic N) is 2. The molecule has 1 aromatic heterocycles. The van der Waals surface area contributed by atoms with Crippen LogP contribution in [0, 0.1) is 0 Å². The largest absolute Gasteiger partial charge is 0.361 e. The molecule has 3 atom stereocenters. The molecule has 4 rings (SSSR count). The van der Waals surface area contributed by atoms with Crippen molar-refractivity contribution in [3.8, 4) is 0 Å². The molecule has 5 nitrogen and oxygen atoms in total. The summed E-state index contributed by atoms with van der Waals surface area (Å²) >= 11 is 3.70. The first-order chi connectivity index (χ1) is 13.5. The van der Waals surface area contributed by atoms with Crippen LogP contribution in [0.2, 0.25) is 0 Å². The van der Waals surface area contributed by atoms with Gasteiger partial charge in [-0.25, -0.2) is 4.79 Å². The van der Waals surface area contributed by atoms with Crippen molar-refractivity contribution in [1.82, 2.24) is 20.1 Å². The molecule has 1 aromatic carbocycles. The molecule has 2 amide bonds. The number of likely N-dealkylation sites (tertiary alicyclic amines) is 1. The zero-order chi connectivity index (χ0) is 19.8. The number of nitrogens with one attached hydrogen (secondary N) is 2. The lowest BCUT2D eigenvalue weighted by atomic mass is 9.74. The third-order valence-corrected chi connectivity index (χ3v) is 6.96. The number of aromatic nitrogens is 1. The maximum Gasteiger partial charge on any atom is 0.317 e. The molecule has 1 fully saturated rings. The number of fused-ring (bicyclic) bond motifs is 2. The Balaban J connectivity index is 1.66. The van der Waals surface area contributed by atoms with E-state index >= 15 is 0 Å². The van der Waals surface area contributed by atoms with Gasteiger partial charge in [0, 0.05) is 59.2 Å². The number of H-pyrrole nitrogens is 1. The SMILES string of the molecule is CCCN1C[C@@H](NC(=O)N(CC)CC)CC2c3cc(Br)cc4[nH]cc(c34)C[C@H]21. The fraction of sp³-hybridized carbons (Fsp3) is 0.591. The van der Waals surface area contributed by atoms with Gasteiger partial charge in [0.1, 0.15) is 0 Å². The van der Waals surface area contributed by atoms with Gasteiger partial charge in [0.15, 0.2) is 0 Å². The first-order valence-electron chi connectivity index (χ1n) is 10.6. The minimum atomic E-state index is 0.0717. The monoisotopic (exact) mass is 446 g/mol. The second-order valence-electron chi connectivity index (χ2n) is 8.16. The predicted octanol–water partition coefficient (Wildman–Crippen LogP) is 4.47. The zero-order valence-electron chi connectivity index (χ0n) is 17.1. The molecule has 1 saturated heterocycles. The number of rotatable bonds is 5. The Morgan fingerprint density at radius 1 is 1.32 bits per heavy atom. The van der Waals surface area contributed by atoms with E-state index in [1.54, 1.807) is 0 Å². The normalized spacial score (nSPS) is 24.2. The molecule has 0 saturated carbocycles. The summed E-state index contributed by atoms with van der Waals surface area (Å²) in [6.07, 6.45) is 5.42. The van der Waals surface area contributed by atoms with E-state index in [-0.39, 0.29) is 12.1 Å². The van der Waals surface area contributed by atoms with E-state index in [1.807, 2.05) is 18.7 Å². The highest BCUT2D eigenvalue weighted by molar-refractivity contribution is 9.10.